The van der Waals surface area contributed by atoms with E-state index in [9.17, 15) is 14.3 Å². The van der Waals surface area contributed by atoms with Crippen LogP contribution in [0.25, 0.3) is 0 Å². The van der Waals surface area contributed by atoms with Crippen molar-refractivity contribution in [3.05, 3.63) is 52.8 Å². The Hall–Kier alpha value is -2.76. The summed E-state index contributed by atoms with van der Waals surface area (Å²) in [6.07, 6.45) is 1.01. The molecule has 0 amide bonds. The van der Waals surface area contributed by atoms with Gasteiger partial charge in [0.05, 0.1) is 20.1 Å². The molecule has 2 atom stereocenters. The van der Waals surface area contributed by atoms with Gasteiger partial charge in [-0.1, -0.05) is 6.07 Å². The Kier molecular flexibility index (Phi) is 4.18. The molecule has 0 saturated carbocycles. The first kappa shape index (κ1) is 16.7. The number of rotatable bonds is 4. The molecular weight excluding hydrogens is 339 g/mol. The number of phenols is 1. The largest absolute Gasteiger partial charge is 0.508 e. The number of aromatic hydroxyl groups is 1. The highest BCUT2D eigenvalue weighted by Gasteiger charge is 2.31. The molecular formula is C20H19FO5. The highest BCUT2D eigenvalue weighted by molar-refractivity contribution is 5.71. The van der Waals surface area contributed by atoms with Crippen LogP contribution in [-0.4, -0.2) is 24.8 Å². The second-order valence-corrected chi connectivity index (χ2v) is 6.59. The van der Waals surface area contributed by atoms with E-state index < -0.39 is 6.10 Å². The molecule has 0 aromatic heterocycles. The number of phenolic OH excluding ortho intramolecular Hbond substituents is 1. The van der Waals surface area contributed by atoms with Crippen LogP contribution < -0.4 is 9.47 Å². The number of fused-ring (bicyclic) bond motifs is 2. The van der Waals surface area contributed by atoms with E-state index in [2.05, 4.69) is 0 Å². The minimum Gasteiger partial charge on any atom is -0.508 e. The second kappa shape index (κ2) is 6.52. The standard InChI is InChI=1S/C20H19FO5/c1-24-19(23)8-11-10-25-18-9-12(2-3-13(11)18)26-17-7-4-14-16(22)6-5-15(21)20(14)17/h2-3,5-6,9,11,17,22H,4,7-8,10H2,1H3/t11-,17?/m0/s1. The average Bonchev–Trinajstić information content (AvgIpc) is 3.23. The SMILES string of the molecule is COC(=O)C[C@H]1COc2cc(OC3CCc4c(O)ccc(F)c43)ccc21. The zero-order valence-corrected chi connectivity index (χ0v) is 14.3. The van der Waals surface area contributed by atoms with Crippen molar-refractivity contribution < 1.29 is 28.5 Å². The number of carbonyl (C=O) groups is 1. The normalized spacial score (nSPS) is 20.2. The molecule has 1 unspecified atom stereocenters. The lowest BCUT2D eigenvalue weighted by Crippen LogP contribution is -2.09. The van der Waals surface area contributed by atoms with Crippen molar-refractivity contribution in [3.8, 4) is 17.2 Å². The number of ether oxygens (including phenoxy) is 3. The van der Waals surface area contributed by atoms with E-state index in [1.807, 2.05) is 6.07 Å². The molecule has 6 heteroatoms. The molecule has 4 rings (SSSR count). The van der Waals surface area contributed by atoms with Gasteiger partial charge in [0.2, 0.25) is 0 Å². The predicted molar refractivity (Wildman–Crippen MR) is 91.1 cm³/mol. The molecule has 0 fully saturated rings. The van der Waals surface area contributed by atoms with Gasteiger partial charge in [-0.25, -0.2) is 4.39 Å². The van der Waals surface area contributed by atoms with Crippen LogP contribution in [0.2, 0.25) is 0 Å². The van der Waals surface area contributed by atoms with Gasteiger partial charge in [-0.15, -0.1) is 0 Å². The lowest BCUT2D eigenvalue weighted by molar-refractivity contribution is -0.141. The summed E-state index contributed by atoms with van der Waals surface area (Å²) in [6.45, 7) is 0.419. The Morgan fingerprint density at radius 2 is 2.19 bits per heavy atom. The molecule has 136 valence electrons. The van der Waals surface area contributed by atoms with Crippen molar-refractivity contribution in [2.24, 2.45) is 0 Å². The van der Waals surface area contributed by atoms with Crippen LogP contribution in [0.5, 0.6) is 17.2 Å². The molecule has 1 N–H and O–H groups in total. The quantitative estimate of drug-likeness (QED) is 0.846. The van der Waals surface area contributed by atoms with Crippen molar-refractivity contribution >= 4 is 5.97 Å². The molecule has 0 saturated heterocycles. The highest BCUT2D eigenvalue weighted by atomic mass is 19.1. The smallest absolute Gasteiger partial charge is 0.306 e. The predicted octanol–water partition coefficient (Wildman–Crippen LogP) is 3.64. The van der Waals surface area contributed by atoms with Gasteiger partial charge in [-0.2, -0.15) is 0 Å². The van der Waals surface area contributed by atoms with Crippen molar-refractivity contribution in [2.75, 3.05) is 13.7 Å². The maximum atomic E-state index is 14.2. The Morgan fingerprint density at radius 1 is 1.35 bits per heavy atom. The van der Waals surface area contributed by atoms with Crippen LogP contribution >= 0.6 is 0 Å². The lowest BCUT2D eigenvalue weighted by Gasteiger charge is -2.16. The molecule has 0 radical (unpaired) electrons. The molecule has 1 aliphatic heterocycles. The first-order valence-electron chi connectivity index (χ1n) is 8.57. The van der Waals surface area contributed by atoms with Crippen molar-refractivity contribution in [1.29, 1.82) is 0 Å². The van der Waals surface area contributed by atoms with E-state index in [0.29, 0.717) is 42.1 Å². The monoisotopic (exact) mass is 358 g/mol. The molecule has 2 aromatic carbocycles. The van der Waals surface area contributed by atoms with E-state index in [4.69, 9.17) is 14.2 Å². The summed E-state index contributed by atoms with van der Waals surface area (Å²) in [6, 6.07) is 8.09. The molecule has 1 heterocycles. The summed E-state index contributed by atoms with van der Waals surface area (Å²) in [5.41, 5.74) is 1.99. The molecule has 0 spiro atoms. The lowest BCUT2D eigenvalue weighted by atomic mass is 9.98. The number of hydrogen-bond donors (Lipinski definition) is 1. The Balaban J connectivity index is 1.54. The minimum absolute atomic E-state index is 0.0342. The zero-order chi connectivity index (χ0) is 18.3. The van der Waals surface area contributed by atoms with E-state index in [1.165, 1.54) is 19.2 Å². The van der Waals surface area contributed by atoms with Crippen molar-refractivity contribution in [3.63, 3.8) is 0 Å². The van der Waals surface area contributed by atoms with E-state index >= 15 is 0 Å². The summed E-state index contributed by atoms with van der Waals surface area (Å²) in [5, 5.41) is 9.91. The first-order chi connectivity index (χ1) is 12.6. The van der Waals surface area contributed by atoms with Crippen LogP contribution in [0, 0.1) is 5.82 Å². The molecule has 5 nitrogen and oxygen atoms in total. The van der Waals surface area contributed by atoms with E-state index in [-0.39, 0.29) is 29.9 Å². The van der Waals surface area contributed by atoms with E-state index in [0.717, 1.165) is 5.56 Å². The second-order valence-electron chi connectivity index (χ2n) is 6.59. The van der Waals surface area contributed by atoms with Crippen molar-refractivity contribution in [1.82, 2.24) is 0 Å². The number of halogens is 1. The Morgan fingerprint density at radius 3 is 3.00 bits per heavy atom. The van der Waals surface area contributed by atoms with Gasteiger partial charge in [-0.05, 0) is 31.0 Å². The summed E-state index contributed by atoms with van der Waals surface area (Å²) >= 11 is 0. The molecule has 2 aromatic rings. The molecule has 0 bridgehead atoms. The third kappa shape index (κ3) is 2.85. The van der Waals surface area contributed by atoms with Gasteiger partial charge in [-0.3, -0.25) is 4.79 Å². The first-order valence-corrected chi connectivity index (χ1v) is 8.57. The number of methoxy groups -OCH3 is 1. The minimum atomic E-state index is -0.442. The molecule has 2 aliphatic rings. The highest BCUT2D eigenvalue weighted by Crippen LogP contribution is 2.43. The van der Waals surface area contributed by atoms with Crippen LogP contribution in [0.3, 0.4) is 0 Å². The fourth-order valence-electron chi connectivity index (χ4n) is 3.72. The van der Waals surface area contributed by atoms with Crippen molar-refractivity contribution in [2.45, 2.75) is 31.3 Å². The van der Waals surface area contributed by atoms with Crippen LogP contribution in [-0.2, 0) is 16.0 Å². The van der Waals surface area contributed by atoms with Gasteiger partial charge in [0.15, 0.2) is 0 Å². The summed E-state index contributed by atoms with van der Waals surface area (Å²) < 4.78 is 30.6. The zero-order valence-electron chi connectivity index (χ0n) is 14.3. The fourth-order valence-corrected chi connectivity index (χ4v) is 3.72. The van der Waals surface area contributed by atoms with Gasteiger partial charge in [0.1, 0.15) is 29.2 Å². The van der Waals surface area contributed by atoms with Crippen LogP contribution in [0.1, 0.15) is 41.6 Å². The maximum Gasteiger partial charge on any atom is 0.306 e. The third-order valence-electron chi connectivity index (χ3n) is 5.04. The number of carbonyl (C=O) groups excluding carboxylic acids is 1. The third-order valence-corrected chi connectivity index (χ3v) is 5.04. The summed E-state index contributed by atoms with van der Waals surface area (Å²) in [5.74, 6) is 0.679. The Bertz CT molecular complexity index is 864. The van der Waals surface area contributed by atoms with Gasteiger partial charge in [0.25, 0.3) is 0 Å². The molecule has 1 aliphatic carbocycles. The topological polar surface area (TPSA) is 65.0 Å². The number of benzene rings is 2. The summed E-state index contributed by atoms with van der Waals surface area (Å²) in [4.78, 5) is 11.5. The van der Waals surface area contributed by atoms with E-state index in [1.54, 1.807) is 12.1 Å². The van der Waals surface area contributed by atoms with Gasteiger partial charge >= 0.3 is 5.97 Å². The van der Waals surface area contributed by atoms with Crippen LogP contribution in [0.4, 0.5) is 4.39 Å². The Labute approximate surface area is 150 Å². The van der Waals surface area contributed by atoms with Gasteiger partial charge in [0, 0.05) is 28.7 Å². The van der Waals surface area contributed by atoms with Gasteiger partial charge < -0.3 is 19.3 Å². The summed E-state index contributed by atoms with van der Waals surface area (Å²) in [7, 11) is 1.37. The van der Waals surface area contributed by atoms with Crippen LogP contribution in [0.15, 0.2) is 30.3 Å². The maximum absolute atomic E-state index is 14.2. The number of esters is 1. The fraction of sp³-hybridized carbons (Fsp3) is 0.350. The molecule has 26 heavy (non-hydrogen) atoms. The number of hydrogen-bond acceptors (Lipinski definition) is 5. The average molecular weight is 358 g/mol.